The highest BCUT2D eigenvalue weighted by Crippen LogP contribution is 2.30. The molecule has 0 aliphatic carbocycles. The average molecular weight is 374 g/mol. The molecule has 0 saturated carbocycles. The molecule has 0 heterocycles. The van der Waals surface area contributed by atoms with Gasteiger partial charge in [-0.05, 0) is 41.5 Å². The number of carbonyl (C=O) groups excluding carboxylic acids is 1. The molecule has 3 nitrogen and oxygen atoms in total. The number of fused-ring (bicyclic) bond motifs is 1. The van der Waals surface area contributed by atoms with E-state index in [4.69, 9.17) is 27.9 Å². The number of amides is 1. The first-order valence-corrected chi connectivity index (χ1v) is 8.74. The van der Waals surface area contributed by atoms with E-state index in [1.165, 1.54) is 0 Å². The third-order valence-corrected chi connectivity index (χ3v) is 4.50. The third-order valence-electron chi connectivity index (χ3n) is 3.87. The van der Waals surface area contributed by atoms with E-state index in [0.29, 0.717) is 27.9 Å². The van der Waals surface area contributed by atoms with Crippen LogP contribution in [0.1, 0.15) is 13.3 Å². The average Bonchev–Trinajstić information content (AvgIpc) is 2.62. The lowest BCUT2D eigenvalue weighted by atomic mass is 10.1. The van der Waals surface area contributed by atoms with Crippen molar-refractivity contribution in [2.24, 2.45) is 0 Å². The first-order chi connectivity index (χ1) is 12.1. The quantitative estimate of drug-likeness (QED) is 0.600. The summed E-state index contributed by atoms with van der Waals surface area (Å²) in [5.74, 6) is 0.358. The number of hydrogen-bond donors (Lipinski definition) is 1. The molecule has 128 valence electrons. The Balaban J connectivity index is 1.78. The molecule has 25 heavy (non-hydrogen) atoms. The number of halogens is 2. The van der Waals surface area contributed by atoms with Crippen molar-refractivity contribution < 1.29 is 9.53 Å². The summed E-state index contributed by atoms with van der Waals surface area (Å²) >= 11 is 12.2. The summed E-state index contributed by atoms with van der Waals surface area (Å²) in [4.78, 5) is 12.6. The predicted molar refractivity (Wildman–Crippen MR) is 104 cm³/mol. The molecule has 3 rings (SSSR count). The summed E-state index contributed by atoms with van der Waals surface area (Å²) in [6, 6.07) is 18.8. The van der Waals surface area contributed by atoms with Crippen LogP contribution in [0, 0.1) is 0 Å². The van der Waals surface area contributed by atoms with Crippen molar-refractivity contribution >= 4 is 45.6 Å². The zero-order valence-corrected chi connectivity index (χ0v) is 15.1. The van der Waals surface area contributed by atoms with E-state index in [-0.39, 0.29) is 5.91 Å². The molecule has 0 aromatic heterocycles. The summed E-state index contributed by atoms with van der Waals surface area (Å²) in [5, 5.41) is 5.72. The maximum absolute atomic E-state index is 12.6. The van der Waals surface area contributed by atoms with Gasteiger partial charge in [-0.3, -0.25) is 4.79 Å². The maximum atomic E-state index is 12.6. The topological polar surface area (TPSA) is 38.3 Å². The molecule has 1 amide bonds. The van der Waals surface area contributed by atoms with Crippen LogP contribution in [0.25, 0.3) is 10.8 Å². The Labute approximate surface area is 156 Å². The Morgan fingerprint density at radius 1 is 1.00 bits per heavy atom. The number of benzene rings is 3. The number of carbonyl (C=O) groups is 1. The number of ether oxygens (including phenoxy) is 1. The smallest absolute Gasteiger partial charge is 0.265 e. The fraction of sp³-hybridized carbons (Fsp3) is 0.150. The lowest BCUT2D eigenvalue weighted by Crippen LogP contribution is -2.32. The van der Waals surface area contributed by atoms with Crippen molar-refractivity contribution in [3.8, 4) is 5.75 Å². The van der Waals surface area contributed by atoms with Gasteiger partial charge in [0.15, 0.2) is 6.10 Å². The number of anilines is 1. The second-order valence-electron chi connectivity index (χ2n) is 5.61. The highest BCUT2D eigenvalue weighted by molar-refractivity contribution is 6.39. The molecule has 0 aliphatic rings. The minimum absolute atomic E-state index is 0.286. The fourth-order valence-corrected chi connectivity index (χ4v) is 3.04. The molecule has 0 radical (unpaired) electrons. The van der Waals surface area contributed by atoms with Gasteiger partial charge in [0.2, 0.25) is 0 Å². The Morgan fingerprint density at radius 2 is 1.68 bits per heavy atom. The van der Waals surface area contributed by atoms with Gasteiger partial charge in [-0.2, -0.15) is 0 Å². The largest absolute Gasteiger partial charge is 0.481 e. The van der Waals surface area contributed by atoms with E-state index >= 15 is 0 Å². The Kier molecular flexibility index (Phi) is 5.47. The van der Waals surface area contributed by atoms with Crippen molar-refractivity contribution in [3.05, 3.63) is 70.7 Å². The highest BCUT2D eigenvalue weighted by Gasteiger charge is 2.20. The van der Waals surface area contributed by atoms with Crippen LogP contribution in [-0.4, -0.2) is 12.0 Å². The molecule has 0 bridgehead atoms. The van der Waals surface area contributed by atoms with E-state index in [2.05, 4.69) is 5.32 Å². The molecule has 1 N–H and O–H groups in total. The predicted octanol–water partition coefficient (Wildman–Crippen LogP) is 5.94. The molecule has 0 aliphatic heterocycles. The molecule has 0 spiro atoms. The highest BCUT2D eigenvalue weighted by atomic mass is 35.5. The zero-order chi connectivity index (χ0) is 17.8. The molecule has 3 aromatic rings. The van der Waals surface area contributed by atoms with E-state index in [1.807, 2.05) is 49.4 Å². The molecule has 5 heteroatoms. The maximum Gasteiger partial charge on any atom is 0.265 e. The van der Waals surface area contributed by atoms with Crippen LogP contribution in [0.5, 0.6) is 5.75 Å². The van der Waals surface area contributed by atoms with Crippen LogP contribution in [0.4, 0.5) is 5.69 Å². The molecular weight excluding hydrogens is 357 g/mol. The Hall–Kier alpha value is -2.23. The SMILES string of the molecule is CC[C@@H](Oc1ccc2ccccc2c1)C(=O)Nc1c(Cl)cccc1Cl. The lowest BCUT2D eigenvalue weighted by molar-refractivity contribution is -0.122. The van der Waals surface area contributed by atoms with Crippen molar-refractivity contribution in [2.45, 2.75) is 19.4 Å². The molecule has 3 aromatic carbocycles. The molecule has 1 atom stereocenters. The van der Waals surface area contributed by atoms with Gasteiger partial charge in [-0.25, -0.2) is 0 Å². The van der Waals surface area contributed by atoms with Crippen molar-refractivity contribution in [1.82, 2.24) is 0 Å². The molecule has 0 fully saturated rings. The fourth-order valence-electron chi connectivity index (χ4n) is 2.55. The second kappa shape index (κ2) is 7.77. The first-order valence-electron chi connectivity index (χ1n) is 7.99. The Morgan fingerprint density at radius 3 is 2.36 bits per heavy atom. The van der Waals surface area contributed by atoms with Crippen LogP contribution in [0.15, 0.2) is 60.7 Å². The lowest BCUT2D eigenvalue weighted by Gasteiger charge is -2.18. The standard InChI is InChI=1S/C20H17Cl2NO2/c1-2-18(20(24)23-19-16(21)8-5-9-17(19)22)25-15-11-10-13-6-3-4-7-14(13)12-15/h3-12,18H,2H2,1H3,(H,23,24)/t18-/m1/s1. The minimum Gasteiger partial charge on any atom is -0.481 e. The van der Waals surface area contributed by atoms with Crippen LogP contribution in [0.3, 0.4) is 0 Å². The number of rotatable bonds is 5. The number of nitrogens with one attached hydrogen (secondary N) is 1. The van der Waals surface area contributed by atoms with E-state index in [0.717, 1.165) is 10.8 Å². The van der Waals surface area contributed by atoms with E-state index in [9.17, 15) is 4.79 Å². The van der Waals surface area contributed by atoms with Crippen molar-refractivity contribution in [3.63, 3.8) is 0 Å². The van der Waals surface area contributed by atoms with Gasteiger partial charge in [0, 0.05) is 0 Å². The zero-order valence-electron chi connectivity index (χ0n) is 13.6. The van der Waals surface area contributed by atoms with Crippen molar-refractivity contribution in [2.75, 3.05) is 5.32 Å². The van der Waals surface area contributed by atoms with Gasteiger partial charge < -0.3 is 10.1 Å². The molecule has 0 saturated heterocycles. The van der Waals surface area contributed by atoms with E-state index in [1.54, 1.807) is 18.2 Å². The van der Waals surface area contributed by atoms with Gasteiger partial charge in [-0.1, -0.05) is 66.5 Å². The van der Waals surface area contributed by atoms with Gasteiger partial charge in [0.1, 0.15) is 5.75 Å². The summed E-state index contributed by atoms with van der Waals surface area (Å²) < 4.78 is 5.89. The summed E-state index contributed by atoms with van der Waals surface area (Å²) in [5.41, 5.74) is 0.399. The normalized spacial score (nSPS) is 12.0. The van der Waals surface area contributed by atoms with Crippen LogP contribution in [0.2, 0.25) is 10.0 Å². The van der Waals surface area contributed by atoms with Gasteiger partial charge >= 0.3 is 0 Å². The van der Waals surface area contributed by atoms with Gasteiger partial charge in [0.25, 0.3) is 5.91 Å². The summed E-state index contributed by atoms with van der Waals surface area (Å²) in [6.07, 6.45) is -0.130. The summed E-state index contributed by atoms with van der Waals surface area (Å²) in [7, 11) is 0. The van der Waals surface area contributed by atoms with Crippen LogP contribution < -0.4 is 10.1 Å². The second-order valence-corrected chi connectivity index (χ2v) is 6.42. The van der Waals surface area contributed by atoms with Gasteiger partial charge in [-0.15, -0.1) is 0 Å². The third kappa shape index (κ3) is 4.06. The van der Waals surface area contributed by atoms with Crippen LogP contribution >= 0.6 is 23.2 Å². The minimum atomic E-state index is -0.645. The molecule has 0 unspecified atom stereocenters. The van der Waals surface area contributed by atoms with Crippen LogP contribution in [-0.2, 0) is 4.79 Å². The number of para-hydroxylation sites is 1. The molecular formula is C20H17Cl2NO2. The monoisotopic (exact) mass is 373 g/mol. The van der Waals surface area contributed by atoms with Gasteiger partial charge in [0.05, 0.1) is 15.7 Å². The van der Waals surface area contributed by atoms with Crippen molar-refractivity contribution in [1.29, 1.82) is 0 Å². The Bertz CT molecular complexity index is 891. The number of hydrogen-bond acceptors (Lipinski definition) is 2. The van der Waals surface area contributed by atoms with E-state index < -0.39 is 6.10 Å². The summed E-state index contributed by atoms with van der Waals surface area (Å²) in [6.45, 7) is 1.89. The first kappa shape index (κ1) is 17.6.